The van der Waals surface area contributed by atoms with E-state index in [2.05, 4.69) is 84.0 Å². The first-order chi connectivity index (χ1) is 52.6. The molecule has 0 aliphatic rings. The van der Waals surface area contributed by atoms with Gasteiger partial charge in [0.1, 0.15) is 0 Å². The van der Waals surface area contributed by atoms with Gasteiger partial charge in [-0.2, -0.15) is 0 Å². The van der Waals surface area contributed by atoms with Crippen LogP contribution in [0.15, 0.2) is 72.8 Å². The normalized spacial score (nSPS) is 12.1. The number of alkyl halides is 6. The van der Waals surface area contributed by atoms with Crippen LogP contribution >= 0.6 is 45.3 Å². The summed E-state index contributed by atoms with van der Waals surface area (Å²) in [5, 5.41) is 2.29. The van der Waals surface area contributed by atoms with Gasteiger partial charge in [-0.25, -0.2) is 0 Å². The molecular weight excluding hydrogens is 1560 g/mol. The Kier molecular flexibility index (Phi) is 42.4. The molecule has 8 aromatic rings. The van der Waals surface area contributed by atoms with Gasteiger partial charge in [0.15, 0.2) is 0 Å². The number of hydrogen-bond acceptors (Lipinski definition) is 6. The first-order valence-corrected chi connectivity index (χ1v) is 50.1. The molecule has 108 heavy (non-hydrogen) atoms. The number of halogens is 6. The van der Waals surface area contributed by atoms with E-state index in [4.69, 9.17) is 9.97 Å². The molecule has 0 spiro atoms. The quantitative estimate of drug-likeness (QED) is 0.0216. The summed E-state index contributed by atoms with van der Waals surface area (Å²) < 4.78 is 88.5. The zero-order valence-corrected chi connectivity index (χ0v) is 74.0. The second-order valence-corrected chi connectivity index (χ2v) is 40.2. The number of aryl methyl sites for hydroxylation is 6. The number of rotatable bonds is 59. The van der Waals surface area contributed by atoms with Crippen LogP contribution in [0.1, 0.15) is 381 Å². The Morgan fingerprint density at radius 1 is 0.278 bits per heavy atom. The standard InChI is InChI=1S/C94H134F6N2S4Se2/c1-7-11-15-19-23-27-31-35-39-43-47-51-55-73-68-81(75-64-71(5)63-72(6)65-75)103-87(73)91-101-79(57-53-49-45-41-37-33-29-25-21-17-13-9-3)89(105-91)90-80(58-54-50-46-42-38-34-30-26-22-18-14-10-4)102-92(106-90)88-74(56-52-48-44-40-36-32-28-24-20-16-12-8-2)69-82(104-88)84-60-62-86(108-84)85-61-59-83(107-85)76-66-77(93(95,96)97)70-78(67-76)94(98,99)100/h59-70H,7-58H2,1-6H3. The maximum atomic E-state index is 14.1. The Morgan fingerprint density at radius 2 is 0.565 bits per heavy atom. The third-order valence-electron chi connectivity index (χ3n) is 21.8. The van der Waals surface area contributed by atoms with Crippen molar-refractivity contribution in [2.75, 3.05) is 0 Å². The number of nitrogens with zero attached hydrogens (tertiary/aromatic N) is 2. The van der Waals surface area contributed by atoms with Crippen molar-refractivity contribution < 1.29 is 26.3 Å². The van der Waals surface area contributed by atoms with E-state index >= 15 is 0 Å². The van der Waals surface area contributed by atoms with Gasteiger partial charge >= 0.3 is 366 Å². The molecule has 0 saturated heterocycles. The van der Waals surface area contributed by atoms with Gasteiger partial charge in [0.2, 0.25) is 0 Å². The van der Waals surface area contributed by atoms with Crippen molar-refractivity contribution in [3.05, 3.63) is 118 Å². The average Bonchev–Trinajstić information content (AvgIpc) is 1.58. The van der Waals surface area contributed by atoms with Crippen molar-refractivity contribution in [1.82, 2.24) is 9.97 Å². The zero-order chi connectivity index (χ0) is 76.6. The van der Waals surface area contributed by atoms with E-state index in [-0.39, 0.29) is 26.1 Å². The number of unbranched alkanes of at least 4 members (excludes halogenated alkanes) is 44. The van der Waals surface area contributed by atoms with Crippen LogP contribution in [0.3, 0.4) is 0 Å². The fourth-order valence-corrected chi connectivity index (χ4v) is 25.5. The van der Waals surface area contributed by atoms with E-state index in [1.54, 1.807) is 6.07 Å². The van der Waals surface area contributed by atoms with Gasteiger partial charge in [-0.1, -0.05) is 275 Å². The van der Waals surface area contributed by atoms with E-state index < -0.39 is 38.0 Å². The first-order valence-electron chi connectivity index (χ1n) is 43.4. The Bertz CT molecular complexity index is 3690. The number of aromatic nitrogens is 2. The molecule has 8 rings (SSSR count). The molecule has 0 unspecified atom stereocenters. The molecule has 6 heterocycles. The van der Waals surface area contributed by atoms with Crippen LogP contribution in [-0.2, 0) is 38.0 Å². The Balaban J connectivity index is 1.13. The van der Waals surface area contributed by atoms with Gasteiger partial charge in [0, 0.05) is 4.88 Å². The molecule has 0 bridgehead atoms. The van der Waals surface area contributed by atoms with Crippen molar-refractivity contribution in [2.24, 2.45) is 0 Å². The third-order valence-corrected chi connectivity index (χ3v) is 32.7. The topological polar surface area (TPSA) is 25.8 Å². The Morgan fingerprint density at radius 3 is 0.907 bits per heavy atom. The van der Waals surface area contributed by atoms with E-state index in [1.165, 1.54) is 367 Å². The molecule has 0 aliphatic carbocycles. The summed E-state index contributed by atoms with van der Waals surface area (Å²) in [7, 11) is 0. The van der Waals surface area contributed by atoms with Gasteiger partial charge in [-0.3, -0.25) is 0 Å². The van der Waals surface area contributed by atoms with E-state index in [1.807, 2.05) is 51.4 Å². The summed E-state index contributed by atoms with van der Waals surface area (Å²) in [5.74, 6) is 0. The molecule has 0 atom stereocenters. The van der Waals surface area contributed by atoms with Gasteiger partial charge in [0.25, 0.3) is 0 Å². The van der Waals surface area contributed by atoms with Crippen LogP contribution in [0.25, 0.3) is 68.2 Å². The molecule has 2 aromatic carbocycles. The van der Waals surface area contributed by atoms with Crippen molar-refractivity contribution in [3.8, 4) is 68.2 Å². The van der Waals surface area contributed by atoms with Gasteiger partial charge in [-0.15, -0.1) is 0 Å². The third kappa shape index (κ3) is 31.8. The number of hydrogen-bond donors (Lipinski definition) is 0. The van der Waals surface area contributed by atoms with Crippen molar-refractivity contribution in [2.45, 2.75) is 388 Å². The average molecular weight is 1690 g/mol. The summed E-state index contributed by atoms with van der Waals surface area (Å²) in [6.45, 7) is 13.7. The molecule has 0 radical (unpaired) electrons. The van der Waals surface area contributed by atoms with E-state index in [0.29, 0.717) is 4.44 Å². The van der Waals surface area contributed by atoms with Crippen LogP contribution in [-0.4, -0.2) is 39.0 Å². The van der Waals surface area contributed by atoms with Gasteiger partial charge in [0.05, 0.1) is 0 Å². The van der Waals surface area contributed by atoms with Crippen LogP contribution in [0.5, 0.6) is 0 Å². The molecule has 0 N–H and O–H groups in total. The van der Waals surface area contributed by atoms with Gasteiger partial charge in [-0.05, 0) is 38.3 Å². The van der Waals surface area contributed by atoms with Crippen LogP contribution < -0.4 is 0 Å². The molecule has 0 saturated carbocycles. The summed E-state index contributed by atoms with van der Waals surface area (Å²) >= 11 is 7.13. The van der Waals surface area contributed by atoms with Crippen molar-refractivity contribution in [3.63, 3.8) is 0 Å². The van der Waals surface area contributed by atoms with E-state index in [0.717, 1.165) is 71.0 Å². The number of benzene rings is 2. The molecule has 6 aromatic heterocycles. The molecule has 0 amide bonds. The zero-order valence-electron chi connectivity index (χ0n) is 67.3. The number of thiophene rings is 2. The van der Waals surface area contributed by atoms with Crippen LogP contribution in [0.4, 0.5) is 26.3 Å². The summed E-state index contributed by atoms with van der Waals surface area (Å²) in [6.07, 6.45) is 57.1. The predicted molar refractivity (Wildman–Crippen MR) is 464 cm³/mol. The molecule has 14 heteroatoms. The minimum absolute atomic E-state index is 0.0105. The maximum absolute atomic E-state index is 14.1. The fourth-order valence-electron chi connectivity index (χ4n) is 15.5. The molecular formula is C94H134F6N2S4Se2. The first kappa shape index (κ1) is 90.2. The minimum atomic E-state index is -4.90. The number of thiazole rings is 2. The molecule has 598 valence electrons. The molecule has 0 fully saturated rings. The van der Waals surface area contributed by atoms with Crippen molar-refractivity contribution >= 4 is 74.4 Å². The van der Waals surface area contributed by atoms with E-state index in [9.17, 15) is 26.3 Å². The fraction of sp³-hybridized carbons (Fsp3) is 0.638. The Labute approximate surface area is 678 Å². The predicted octanol–water partition coefficient (Wildman–Crippen LogP) is 34.1. The van der Waals surface area contributed by atoms with Gasteiger partial charge < -0.3 is 0 Å². The Hall–Kier alpha value is -3.32. The SMILES string of the molecule is CCCCCCCCCCCCCCc1cc(-c2cc(C)cc(C)c2)sc1-c1nc(CCCCCCCCCCCCCC)c(-c2sc(-c3sc(-c4ccc(-c5ccc(-c6cc(C(F)(F)F)cc(C(F)(F)F)c6)[se]5)[se]4)cc3CCCCCCCCCCCCCC)nc2CCCCCCCCCCCCCC)s1. The molecule has 0 aliphatic heterocycles. The van der Waals surface area contributed by atoms with Crippen molar-refractivity contribution in [1.29, 1.82) is 0 Å². The van der Waals surface area contributed by atoms with Crippen LogP contribution in [0, 0.1) is 13.8 Å². The summed E-state index contributed by atoms with van der Waals surface area (Å²) in [4.78, 5) is 19.7. The second kappa shape index (κ2) is 50.8. The molecule has 2 nitrogen and oxygen atoms in total. The second-order valence-electron chi connectivity index (χ2n) is 31.6. The monoisotopic (exact) mass is 1690 g/mol. The summed E-state index contributed by atoms with van der Waals surface area (Å²) in [6, 6.07) is 22.1. The van der Waals surface area contributed by atoms with Crippen LogP contribution in [0.2, 0.25) is 0 Å². The summed E-state index contributed by atoms with van der Waals surface area (Å²) in [5.41, 5.74) is 6.64.